The molecule has 4 rings (SSSR count). The molecule has 1 fully saturated rings. The quantitative estimate of drug-likeness (QED) is 0.472. The second-order valence-corrected chi connectivity index (χ2v) is 7.48. The number of pyridine rings is 1. The summed E-state index contributed by atoms with van der Waals surface area (Å²) in [7, 11) is 0. The van der Waals surface area contributed by atoms with E-state index in [-0.39, 0.29) is 11.9 Å². The molecule has 154 valence electrons. The predicted molar refractivity (Wildman–Crippen MR) is 121 cm³/mol. The van der Waals surface area contributed by atoms with Gasteiger partial charge in [-0.1, -0.05) is 66.7 Å². The molecular formula is C26H24N4O. The van der Waals surface area contributed by atoms with Crippen LogP contribution in [-0.4, -0.2) is 46.9 Å². The molecule has 0 spiro atoms. The van der Waals surface area contributed by atoms with Gasteiger partial charge < -0.3 is 4.90 Å². The smallest absolute Gasteiger partial charge is 0.254 e. The highest BCUT2D eigenvalue weighted by Crippen LogP contribution is 2.24. The lowest BCUT2D eigenvalue weighted by molar-refractivity contribution is -0.126. The van der Waals surface area contributed by atoms with Gasteiger partial charge in [0.05, 0.1) is 6.07 Å². The minimum atomic E-state index is -0.348. The number of aromatic nitrogens is 1. The van der Waals surface area contributed by atoms with Crippen molar-refractivity contribution in [2.45, 2.75) is 6.04 Å². The van der Waals surface area contributed by atoms with Gasteiger partial charge in [0.1, 0.15) is 6.04 Å². The fraction of sp³-hybridized carbons (Fsp3) is 0.192. The zero-order chi connectivity index (χ0) is 21.5. The Morgan fingerprint density at radius 3 is 2.23 bits per heavy atom. The fourth-order valence-corrected chi connectivity index (χ4v) is 3.86. The van der Waals surface area contributed by atoms with Crippen LogP contribution < -0.4 is 0 Å². The number of nitriles is 1. The Balaban J connectivity index is 1.52. The second-order valence-electron chi connectivity index (χ2n) is 7.48. The first-order chi connectivity index (χ1) is 15.3. The summed E-state index contributed by atoms with van der Waals surface area (Å²) in [5, 5.41) is 9.70. The first-order valence-corrected chi connectivity index (χ1v) is 10.4. The first-order valence-electron chi connectivity index (χ1n) is 10.4. The van der Waals surface area contributed by atoms with Crippen molar-refractivity contribution in [3.8, 4) is 6.07 Å². The third kappa shape index (κ3) is 4.88. The van der Waals surface area contributed by atoms with Crippen LogP contribution in [0.2, 0.25) is 0 Å². The van der Waals surface area contributed by atoms with Crippen molar-refractivity contribution in [3.63, 3.8) is 0 Å². The van der Waals surface area contributed by atoms with Crippen LogP contribution >= 0.6 is 0 Å². The van der Waals surface area contributed by atoms with Crippen molar-refractivity contribution < 1.29 is 4.79 Å². The molecule has 3 aromatic rings. The molecule has 0 aliphatic carbocycles. The van der Waals surface area contributed by atoms with Gasteiger partial charge in [-0.15, -0.1) is 0 Å². The number of hydrogen-bond donors (Lipinski definition) is 0. The van der Waals surface area contributed by atoms with E-state index in [1.54, 1.807) is 12.4 Å². The summed E-state index contributed by atoms with van der Waals surface area (Å²) in [6.07, 6.45) is 5.40. The number of rotatable bonds is 5. The molecule has 31 heavy (non-hydrogen) atoms. The van der Waals surface area contributed by atoms with E-state index in [1.807, 2.05) is 83.8 Å². The Bertz CT molecular complexity index is 1070. The summed E-state index contributed by atoms with van der Waals surface area (Å²) < 4.78 is 0. The van der Waals surface area contributed by atoms with E-state index in [9.17, 15) is 10.1 Å². The summed E-state index contributed by atoms with van der Waals surface area (Å²) in [6.45, 7) is 2.45. The van der Waals surface area contributed by atoms with E-state index in [0.29, 0.717) is 31.8 Å². The highest BCUT2D eigenvalue weighted by Gasteiger charge is 2.28. The summed E-state index contributed by atoms with van der Waals surface area (Å²) in [5.74, 6) is 0.0181. The van der Waals surface area contributed by atoms with Crippen molar-refractivity contribution in [1.82, 2.24) is 14.8 Å². The van der Waals surface area contributed by atoms with Gasteiger partial charge in [0.2, 0.25) is 0 Å². The molecule has 0 bridgehead atoms. The zero-order valence-corrected chi connectivity index (χ0v) is 17.3. The molecule has 1 amide bonds. The molecule has 1 aliphatic rings. The summed E-state index contributed by atoms with van der Waals surface area (Å²) in [5.41, 5.74) is 3.47. The maximum absolute atomic E-state index is 13.5. The predicted octanol–water partition coefficient (Wildman–Crippen LogP) is 4.03. The van der Waals surface area contributed by atoms with Crippen LogP contribution in [0, 0.1) is 11.3 Å². The third-order valence-electron chi connectivity index (χ3n) is 5.51. The lowest BCUT2D eigenvalue weighted by Gasteiger charge is -2.37. The molecule has 1 aromatic heterocycles. The summed E-state index contributed by atoms with van der Waals surface area (Å²) >= 11 is 0. The fourth-order valence-electron chi connectivity index (χ4n) is 3.86. The number of nitrogens with zero attached hydrogens (tertiary/aromatic N) is 4. The van der Waals surface area contributed by atoms with E-state index >= 15 is 0 Å². The molecule has 2 heterocycles. The average Bonchev–Trinajstić information content (AvgIpc) is 2.85. The maximum Gasteiger partial charge on any atom is 0.254 e. The third-order valence-corrected chi connectivity index (χ3v) is 5.51. The minimum Gasteiger partial charge on any atom is -0.336 e. The van der Waals surface area contributed by atoms with E-state index in [2.05, 4.69) is 16.0 Å². The van der Waals surface area contributed by atoms with E-state index in [0.717, 1.165) is 16.7 Å². The number of amides is 1. The monoisotopic (exact) mass is 408 g/mol. The van der Waals surface area contributed by atoms with Crippen LogP contribution in [0.25, 0.3) is 11.6 Å². The van der Waals surface area contributed by atoms with Gasteiger partial charge in [0.25, 0.3) is 5.91 Å². The molecule has 5 heteroatoms. The number of carbonyl (C=O) groups excluding carboxylic acids is 1. The molecule has 5 nitrogen and oxygen atoms in total. The second kappa shape index (κ2) is 9.84. The number of hydrogen-bond acceptors (Lipinski definition) is 4. The van der Waals surface area contributed by atoms with Gasteiger partial charge in [-0.3, -0.25) is 14.7 Å². The van der Waals surface area contributed by atoms with Gasteiger partial charge in [-0.05, 0) is 23.3 Å². The van der Waals surface area contributed by atoms with Crippen molar-refractivity contribution >= 4 is 17.6 Å². The Hall–Kier alpha value is -3.75. The normalized spacial score (nSPS) is 15.8. The van der Waals surface area contributed by atoms with Crippen LogP contribution in [0.1, 0.15) is 22.7 Å². The van der Waals surface area contributed by atoms with Crippen molar-refractivity contribution in [2.75, 3.05) is 26.2 Å². The Morgan fingerprint density at radius 2 is 1.61 bits per heavy atom. The number of benzene rings is 2. The maximum atomic E-state index is 13.5. The molecule has 1 unspecified atom stereocenters. The molecule has 0 N–H and O–H groups in total. The number of piperazine rings is 1. The van der Waals surface area contributed by atoms with E-state index in [4.69, 9.17) is 0 Å². The Morgan fingerprint density at radius 1 is 0.935 bits per heavy atom. The number of carbonyl (C=O) groups is 1. The summed E-state index contributed by atoms with van der Waals surface area (Å²) in [4.78, 5) is 21.6. The van der Waals surface area contributed by atoms with E-state index in [1.165, 1.54) is 0 Å². The molecular weight excluding hydrogens is 384 g/mol. The van der Waals surface area contributed by atoms with Gasteiger partial charge in [0.15, 0.2) is 0 Å². The highest BCUT2D eigenvalue weighted by atomic mass is 16.2. The molecule has 0 radical (unpaired) electrons. The molecule has 1 atom stereocenters. The summed E-state index contributed by atoms with van der Waals surface area (Å²) in [6, 6.07) is 25.5. The Labute approximate surface area is 182 Å². The van der Waals surface area contributed by atoms with Crippen molar-refractivity contribution in [3.05, 3.63) is 102 Å². The van der Waals surface area contributed by atoms with Gasteiger partial charge >= 0.3 is 0 Å². The highest BCUT2D eigenvalue weighted by molar-refractivity contribution is 6.24. The zero-order valence-electron chi connectivity index (χ0n) is 17.3. The largest absolute Gasteiger partial charge is 0.336 e. The molecule has 1 aliphatic heterocycles. The first kappa shape index (κ1) is 20.5. The van der Waals surface area contributed by atoms with Crippen LogP contribution in [0.3, 0.4) is 0 Å². The van der Waals surface area contributed by atoms with Gasteiger partial charge in [0, 0.05) is 49.7 Å². The van der Waals surface area contributed by atoms with Crippen molar-refractivity contribution in [2.24, 2.45) is 0 Å². The van der Waals surface area contributed by atoms with Gasteiger partial charge in [-0.2, -0.15) is 5.26 Å². The molecule has 0 saturated carbocycles. The van der Waals surface area contributed by atoms with Gasteiger partial charge in [-0.25, -0.2) is 0 Å². The lowest BCUT2D eigenvalue weighted by atomic mass is 10.0. The van der Waals surface area contributed by atoms with Crippen molar-refractivity contribution in [1.29, 1.82) is 5.26 Å². The lowest BCUT2D eigenvalue weighted by Crippen LogP contribution is -2.49. The van der Waals surface area contributed by atoms with Crippen LogP contribution in [0.4, 0.5) is 0 Å². The van der Waals surface area contributed by atoms with E-state index < -0.39 is 0 Å². The molecule has 1 saturated heterocycles. The Kier molecular flexibility index (Phi) is 6.51. The SMILES string of the molecule is N#CC(c1cccnc1)N1CCN(C(=O)/C(=C/c2ccccc2)c2ccccc2)CC1. The van der Waals surface area contributed by atoms with Crippen LogP contribution in [0.5, 0.6) is 0 Å². The average molecular weight is 409 g/mol. The standard InChI is InChI=1S/C26H24N4O/c27-19-25(23-12-7-13-28-20-23)29-14-16-30(17-15-29)26(31)24(22-10-5-2-6-11-22)18-21-8-3-1-4-9-21/h1-13,18,20,25H,14-17H2/b24-18+. The van der Waals surface area contributed by atoms with Crippen LogP contribution in [-0.2, 0) is 4.79 Å². The minimum absolute atomic E-state index is 0.0181. The topological polar surface area (TPSA) is 60.2 Å². The molecule has 2 aromatic carbocycles. The van der Waals surface area contributed by atoms with Crippen LogP contribution in [0.15, 0.2) is 85.2 Å².